The van der Waals surface area contributed by atoms with Crippen molar-refractivity contribution in [1.82, 2.24) is 10.6 Å². The maximum absolute atomic E-state index is 12.6. The van der Waals surface area contributed by atoms with E-state index in [9.17, 15) is 9.59 Å². The summed E-state index contributed by atoms with van der Waals surface area (Å²) in [6, 6.07) is 15.7. The van der Waals surface area contributed by atoms with Crippen LogP contribution in [0.1, 0.15) is 63.8 Å². The highest BCUT2D eigenvalue weighted by Crippen LogP contribution is 2.26. The van der Waals surface area contributed by atoms with Gasteiger partial charge in [-0.2, -0.15) is 0 Å². The molecule has 2 aromatic carbocycles. The van der Waals surface area contributed by atoms with Gasteiger partial charge in [0.05, 0.1) is 14.8 Å². The summed E-state index contributed by atoms with van der Waals surface area (Å²) in [6.07, 6.45) is -1.13. The Kier molecular flexibility index (Phi) is 11.2. The molecule has 0 saturated carbocycles. The maximum Gasteiger partial charge on any atom is 0.407 e. The second-order valence-electron chi connectivity index (χ2n) is 10.5. The second kappa shape index (κ2) is 13.5. The van der Waals surface area contributed by atoms with Crippen LogP contribution in [-0.2, 0) is 20.6 Å². The van der Waals surface area contributed by atoms with Gasteiger partial charge in [-0.3, -0.25) is 0 Å². The Bertz CT molecular complexity index is 1090. The molecule has 0 aliphatic rings. The zero-order chi connectivity index (χ0) is 28.7. The summed E-state index contributed by atoms with van der Waals surface area (Å²) in [7, 11) is 0. The van der Waals surface area contributed by atoms with Gasteiger partial charge in [0.15, 0.2) is 0 Å². The highest BCUT2D eigenvalue weighted by Gasteiger charge is 2.28. The Morgan fingerprint density at radius 3 is 1.47 bits per heavy atom. The number of carbonyl (C=O) groups is 2. The highest BCUT2D eigenvalue weighted by molar-refractivity contribution is 9.24. The first-order valence-corrected chi connectivity index (χ1v) is 14.2. The summed E-state index contributed by atoms with van der Waals surface area (Å²) in [6.45, 7) is 19.5. The summed E-state index contributed by atoms with van der Waals surface area (Å²) >= 11 is 6.91. The third kappa shape index (κ3) is 9.31. The van der Waals surface area contributed by atoms with Crippen LogP contribution < -0.4 is 10.6 Å². The van der Waals surface area contributed by atoms with Crippen LogP contribution in [0.2, 0.25) is 0 Å². The largest absolute Gasteiger partial charge is 0.449 e. The summed E-state index contributed by atoms with van der Waals surface area (Å²) < 4.78 is 10.7. The summed E-state index contributed by atoms with van der Waals surface area (Å²) in [5.41, 5.74) is 4.45. The van der Waals surface area contributed by atoms with E-state index in [2.05, 4.69) is 55.7 Å². The van der Waals surface area contributed by atoms with E-state index in [-0.39, 0.29) is 22.9 Å². The zero-order valence-electron chi connectivity index (χ0n) is 23.0. The number of halogens is 2. The lowest BCUT2D eigenvalue weighted by atomic mass is 9.92. The van der Waals surface area contributed by atoms with Crippen molar-refractivity contribution in [3.05, 3.63) is 83.9 Å². The number of amides is 2. The fourth-order valence-electron chi connectivity index (χ4n) is 3.63. The molecule has 2 aromatic rings. The molecule has 0 aliphatic heterocycles. The predicted octanol–water partition coefficient (Wildman–Crippen LogP) is 8.11. The van der Waals surface area contributed by atoms with E-state index in [1.54, 1.807) is 0 Å². The number of ether oxygens (including phenoxy) is 2. The number of hydrogen-bond acceptors (Lipinski definition) is 4. The van der Waals surface area contributed by atoms with Crippen molar-refractivity contribution < 1.29 is 19.1 Å². The molecular weight excluding hydrogens is 612 g/mol. The molecule has 0 saturated heterocycles. The second-order valence-corrected chi connectivity index (χ2v) is 13.7. The molecule has 0 atom stereocenters. The highest BCUT2D eigenvalue weighted by atomic mass is 79.9. The number of benzene rings is 2. The van der Waals surface area contributed by atoms with Gasteiger partial charge < -0.3 is 20.1 Å². The zero-order valence-corrected chi connectivity index (χ0v) is 26.2. The van der Waals surface area contributed by atoms with Crippen LogP contribution >= 0.6 is 31.9 Å². The Morgan fingerprint density at radius 2 is 1.16 bits per heavy atom. The van der Waals surface area contributed by atoms with E-state index in [4.69, 9.17) is 9.47 Å². The first kappa shape index (κ1) is 31.6. The standard InChI is InChI=1S/C30H38Br2N2O4/c1-19(2)21-11-9-13-24(15-21)29(5,6)33-27(35)37-17-23(26(31)32)18-38-28(36)34-30(7,8)25-14-10-12-22(16-25)20(3)4/h9-16,23,26H,1,3,17-18H2,2,4-8H3,(H,33,35)(H,34,36). The van der Waals surface area contributed by atoms with Crippen molar-refractivity contribution in [1.29, 1.82) is 0 Å². The monoisotopic (exact) mass is 648 g/mol. The summed E-state index contributed by atoms with van der Waals surface area (Å²) in [4.78, 5) is 25.3. The molecule has 0 heterocycles. The van der Waals surface area contributed by atoms with Crippen LogP contribution in [-0.4, -0.2) is 29.1 Å². The van der Waals surface area contributed by atoms with E-state index < -0.39 is 23.3 Å². The van der Waals surface area contributed by atoms with Gasteiger partial charge in [0.25, 0.3) is 0 Å². The average Bonchev–Trinajstić information content (AvgIpc) is 2.83. The van der Waals surface area contributed by atoms with Gasteiger partial charge in [-0.1, -0.05) is 92.6 Å². The van der Waals surface area contributed by atoms with Crippen molar-refractivity contribution in [3.63, 3.8) is 0 Å². The lowest BCUT2D eigenvalue weighted by Crippen LogP contribution is -2.43. The third-order valence-corrected chi connectivity index (χ3v) is 7.69. The van der Waals surface area contributed by atoms with E-state index in [0.717, 1.165) is 33.4 Å². The number of allylic oxidation sites excluding steroid dienone is 2. The molecule has 0 aromatic heterocycles. The van der Waals surface area contributed by atoms with Gasteiger partial charge in [0.1, 0.15) is 13.2 Å². The Labute approximate surface area is 243 Å². The molecule has 0 radical (unpaired) electrons. The minimum absolute atomic E-state index is 0.0339. The van der Waals surface area contributed by atoms with Gasteiger partial charge in [-0.15, -0.1) is 0 Å². The van der Waals surface area contributed by atoms with Crippen LogP contribution in [0.15, 0.2) is 61.7 Å². The number of carbonyl (C=O) groups excluding carboxylic acids is 2. The summed E-state index contributed by atoms with van der Waals surface area (Å²) in [5, 5.41) is 5.82. The number of hydrogen-bond donors (Lipinski definition) is 2. The van der Waals surface area contributed by atoms with Crippen molar-refractivity contribution in [2.24, 2.45) is 5.92 Å². The molecule has 0 aliphatic carbocycles. The molecule has 2 amide bonds. The molecule has 0 spiro atoms. The number of nitrogens with one attached hydrogen (secondary N) is 2. The molecule has 2 N–H and O–H groups in total. The van der Waals surface area contributed by atoms with Gasteiger partial charge in [-0.25, -0.2) is 9.59 Å². The molecule has 8 heteroatoms. The molecule has 206 valence electrons. The normalized spacial score (nSPS) is 11.7. The summed E-state index contributed by atoms with van der Waals surface area (Å²) in [5.74, 6) is -0.323. The van der Waals surface area contributed by atoms with Crippen LogP contribution in [0.5, 0.6) is 0 Å². The Morgan fingerprint density at radius 1 is 0.789 bits per heavy atom. The molecule has 0 bridgehead atoms. The van der Waals surface area contributed by atoms with E-state index in [1.165, 1.54) is 0 Å². The molecule has 38 heavy (non-hydrogen) atoms. The predicted molar refractivity (Wildman–Crippen MR) is 162 cm³/mol. The van der Waals surface area contributed by atoms with Crippen molar-refractivity contribution >= 4 is 55.2 Å². The van der Waals surface area contributed by atoms with Crippen LogP contribution in [0.3, 0.4) is 0 Å². The van der Waals surface area contributed by atoms with Crippen molar-refractivity contribution in [2.45, 2.75) is 56.4 Å². The van der Waals surface area contributed by atoms with Gasteiger partial charge in [-0.05, 0) is 75.9 Å². The SMILES string of the molecule is C=C(C)c1cccc(C(C)(C)NC(=O)OCC(COC(=O)NC(C)(C)c2cccc(C(=C)C)c2)C(Br)Br)c1. The number of alkyl halides is 2. The molecule has 2 rings (SSSR count). The van der Waals surface area contributed by atoms with Crippen LogP contribution in [0.4, 0.5) is 9.59 Å². The quantitative estimate of drug-likeness (QED) is 0.241. The van der Waals surface area contributed by atoms with Crippen LogP contribution in [0.25, 0.3) is 11.1 Å². The average molecular weight is 650 g/mol. The first-order chi connectivity index (χ1) is 17.6. The van der Waals surface area contributed by atoms with E-state index in [0.29, 0.717) is 0 Å². The van der Waals surface area contributed by atoms with Crippen molar-refractivity contribution in [2.75, 3.05) is 13.2 Å². The van der Waals surface area contributed by atoms with Gasteiger partial charge >= 0.3 is 12.2 Å². The number of alkyl carbamates (subject to hydrolysis) is 2. The minimum Gasteiger partial charge on any atom is -0.449 e. The first-order valence-electron chi connectivity index (χ1n) is 12.3. The maximum atomic E-state index is 12.6. The lowest BCUT2D eigenvalue weighted by molar-refractivity contribution is 0.0843. The third-order valence-electron chi connectivity index (χ3n) is 6.20. The molecule has 0 fully saturated rings. The Balaban J connectivity index is 1.93. The van der Waals surface area contributed by atoms with Crippen LogP contribution in [0, 0.1) is 5.92 Å². The van der Waals surface area contributed by atoms with Gasteiger partial charge in [0.2, 0.25) is 0 Å². The Hall–Kier alpha value is -2.58. The smallest absolute Gasteiger partial charge is 0.407 e. The van der Waals surface area contributed by atoms with E-state index >= 15 is 0 Å². The topological polar surface area (TPSA) is 76.7 Å². The van der Waals surface area contributed by atoms with Gasteiger partial charge in [0, 0.05) is 5.92 Å². The minimum atomic E-state index is -0.663. The van der Waals surface area contributed by atoms with Crippen molar-refractivity contribution in [3.8, 4) is 0 Å². The molecule has 0 unspecified atom stereocenters. The van der Waals surface area contributed by atoms with E-state index in [1.807, 2.05) is 90.1 Å². The molecular formula is C30H38Br2N2O4. The fraction of sp³-hybridized carbons (Fsp3) is 0.400. The fourth-order valence-corrected chi connectivity index (χ4v) is 4.24. The lowest BCUT2D eigenvalue weighted by Gasteiger charge is -2.28. The number of rotatable bonds is 11. The molecule has 6 nitrogen and oxygen atoms in total.